The molecule has 5 nitrogen and oxygen atoms in total. The second kappa shape index (κ2) is 7.30. The number of nitrogens with zero attached hydrogens (tertiary/aromatic N) is 2. The van der Waals surface area contributed by atoms with Crippen LogP contribution in [0.5, 0.6) is 0 Å². The molecule has 2 aromatic rings. The molecular formula is C16H17F3N4OS. The molecule has 0 bridgehead atoms. The second-order valence-electron chi connectivity index (χ2n) is 5.74. The number of carbonyl (C=O) groups excluding carboxylic acids is 1. The van der Waals surface area contributed by atoms with Crippen molar-refractivity contribution >= 4 is 23.2 Å². The molecule has 2 aromatic heterocycles. The van der Waals surface area contributed by atoms with Crippen molar-refractivity contribution in [2.45, 2.75) is 25.2 Å². The summed E-state index contributed by atoms with van der Waals surface area (Å²) in [7, 11) is 0. The number of thiophene rings is 1. The van der Waals surface area contributed by atoms with E-state index >= 15 is 0 Å². The molecule has 1 fully saturated rings. The van der Waals surface area contributed by atoms with Crippen LogP contribution < -0.4 is 15.5 Å². The van der Waals surface area contributed by atoms with Gasteiger partial charge in [-0.2, -0.15) is 13.2 Å². The Morgan fingerprint density at radius 3 is 2.84 bits per heavy atom. The van der Waals surface area contributed by atoms with E-state index in [1.807, 2.05) is 22.4 Å². The van der Waals surface area contributed by atoms with Gasteiger partial charge < -0.3 is 15.5 Å². The Balaban J connectivity index is 1.49. The lowest BCUT2D eigenvalue weighted by Crippen LogP contribution is -2.43. The van der Waals surface area contributed by atoms with E-state index in [1.54, 1.807) is 11.3 Å². The number of pyridine rings is 1. The molecule has 0 spiro atoms. The summed E-state index contributed by atoms with van der Waals surface area (Å²) in [5.41, 5.74) is -0.766. The van der Waals surface area contributed by atoms with E-state index in [-0.39, 0.29) is 12.1 Å². The van der Waals surface area contributed by atoms with Crippen molar-refractivity contribution < 1.29 is 18.0 Å². The maximum atomic E-state index is 12.6. The van der Waals surface area contributed by atoms with Crippen LogP contribution in [0.15, 0.2) is 35.8 Å². The summed E-state index contributed by atoms with van der Waals surface area (Å²) in [6.45, 7) is 1.62. The number of anilines is 1. The number of hydrogen-bond acceptors (Lipinski definition) is 4. The lowest BCUT2D eigenvalue weighted by molar-refractivity contribution is -0.137. The van der Waals surface area contributed by atoms with Crippen LogP contribution in [0.1, 0.15) is 16.9 Å². The molecule has 0 aliphatic carbocycles. The molecular weight excluding hydrogens is 353 g/mol. The van der Waals surface area contributed by atoms with Crippen LogP contribution in [0, 0.1) is 0 Å². The fraction of sp³-hybridized carbons (Fsp3) is 0.375. The normalized spacial score (nSPS) is 17.6. The molecule has 0 saturated carbocycles. The van der Waals surface area contributed by atoms with Crippen molar-refractivity contribution in [2.75, 3.05) is 18.0 Å². The highest BCUT2D eigenvalue weighted by atomic mass is 32.1. The molecule has 3 rings (SSSR count). The van der Waals surface area contributed by atoms with Crippen LogP contribution in [-0.4, -0.2) is 30.1 Å². The quantitative estimate of drug-likeness (QED) is 0.869. The number of hydrogen-bond donors (Lipinski definition) is 2. The molecule has 2 amide bonds. The molecule has 25 heavy (non-hydrogen) atoms. The highest BCUT2D eigenvalue weighted by Crippen LogP contribution is 2.29. The Labute approximate surface area is 146 Å². The fourth-order valence-electron chi connectivity index (χ4n) is 2.64. The first-order valence-electron chi connectivity index (χ1n) is 7.77. The summed E-state index contributed by atoms with van der Waals surface area (Å²) < 4.78 is 37.7. The molecule has 1 unspecified atom stereocenters. The predicted octanol–water partition coefficient (Wildman–Crippen LogP) is 3.24. The second-order valence-corrected chi connectivity index (χ2v) is 6.77. The maximum absolute atomic E-state index is 12.6. The minimum atomic E-state index is -4.39. The van der Waals surface area contributed by atoms with Gasteiger partial charge in [-0.05, 0) is 30.0 Å². The number of halogens is 3. The van der Waals surface area contributed by atoms with Gasteiger partial charge in [0, 0.05) is 30.2 Å². The van der Waals surface area contributed by atoms with Crippen molar-refractivity contribution in [1.29, 1.82) is 0 Å². The molecule has 2 N–H and O–H groups in total. The third-order valence-electron chi connectivity index (χ3n) is 3.93. The average molecular weight is 370 g/mol. The van der Waals surface area contributed by atoms with Crippen LogP contribution >= 0.6 is 11.3 Å². The van der Waals surface area contributed by atoms with Crippen LogP contribution in [0.25, 0.3) is 0 Å². The number of carbonyl (C=O) groups is 1. The molecule has 134 valence electrons. The van der Waals surface area contributed by atoms with Crippen molar-refractivity contribution in [3.63, 3.8) is 0 Å². The molecule has 0 aromatic carbocycles. The van der Waals surface area contributed by atoms with E-state index in [2.05, 4.69) is 15.6 Å². The van der Waals surface area contributed by atoms with E-state index in [1.165, 1.54) is 6.07 Å². The van der Waals surface area contributed by atoms with Crippen LogP contribution in [0.2, 0.25) is 0 Å². The van der Waals surface area contributed by atoms with Gasteiger partial charge in [-0.25, -0.2) is 9.78 Å². The fourth-order valence-corrected chi connectivity index (χ4v) is 3.29. The number of alkyl halides is 3. The molecule has 1 atom stereocenters. The summed E-state index contributed by atoms with van der Waals surface area (Å²) in [5, 5.41) is 7.62. The van der Waals surface area contributed by atoms with Gasteiger partial charge in [0.1, 0.15) is 5.82 Å². The van der Waals surface area contributed by atoms with Crippen LogP contribution in [0.3, 0.4) is 0 Å². The zero-order valence-corrected chi connectivity index (χ0v) is 14.0. The largest absolute Gasteiger partial charge is 0.417 e. The van der Waals surface area contributed by atoms with Crippen molar-refractivity contribution in [3.05, 3.63) is 46.3 Å². The molecule has 3 heterocycles. The van der Waals surface area contributed by atoms with E-state index in [0.717, 1.165) is 23.6 Å². The van der Waals surface area contributed by atoms with Crippen molar-refractivity contribution in [3.8, 4) is 0 Å². The van der Waals surface area contributed by atoms with Gasteiger partial charge in [0.25, 0.3) is 0 Å². The highest BCUT2D eigenvalue weighted by molar-refractivity contribution is 7.09. The van der Waals surface area contributed by atoms with Gasteiger partial charge in [-0.3, -0.25) is 0 Å². The number of rotatable bonds is 4. The molecule has 1 aliphatic rings. The van der Waals surface area contributed by atoms with Crippen LogP contribution in [-0.2, 0) is 12.7 Å². The Bertz CT molecular complexity index is 703. The van der Waals surface area contributed by atoms with Crippen LogP contribution in [0.4, 0.5) is 23.8 Å². The summed E-state index contributed by atoms with van der Waals surface area (Å²) >= 11 is 1.57. The summed E-state index contributed by atoms with van der Waals surface area (Å²) in [4.78, 5) is 18.7. The average Bonchev–Trinajstić information content (AvgIpc) is 3.24. The smallest absolute Gasteiger partial charge is 0.354 e. The Morgan fingerprint density at radius 2 is 2.20 bits per heavy atom. The van der Waals surface area contributed by atoms with E-state index in [4.69, 9.17) is 0 Å². The first-order chi connectivity index (χ1) is 11.9. The van der Waals surface area contributed by atoms with Crippen molar-refractivity contribution in [2.24, 2.45) is 0 Å². The van der Waals surface area contributed by atoms with Gasteiger partial charge in [0.05, 0.1) is 12.1 Å². The summed E-state index contributed by atoms with van der Waals surface area (Å²) in [5.74, 6) is 0.483. The SMILES string of the molecule is O=C(NCc1cccs1)NC1CCN(c2ccc(C(F)(F)F)cn2)C1. The van der Waals surface area contributed by atoms with Gasteiger partial charge >= 0.3 is 12.2 Å². The number of nitrogens with one attached hydrogen (secondary N) is 2. The Kier molecular flexibility index (Phi) is 5.12. The highest BCUT2D eigenvalue weighted by Gasteiger charge is 2.31. The first-order valence-corrected chi connectivity index (χ1v) is 8.65. The van der Waals surface area contributed by atoms with E-state index in [9.17, 15) is 18.0 Å². The lowest BCUT2D eigenvalue weighted by atomic mass is 10.2. The van der Waals surface area contributed by atoms with Crippen molar-refractivity contribution in [1.82, 2.24) is 15.6 Å². The summed E-state index contributed by atoms with van der Waals surface area (Å²) in [6, 6.07) is 5.94. The Hall–Kier alpha value is -2.29. The van der Waals surface area contributed by atoms with Gasteiger partial charge in [0.2, 0.25) is 0 Å². The zero-order chi connectivity index (χ0) is 17.9. The first kappa shape index (κ1) is 17.5. The number of amides is 2. The van der Waals surface area contributed by atoms with E-state index < -0.39 is 11.7 Å². The Morgan fingerprint density at radius 1 is 1.36 bits per heavy atom. The third-order valence-corrected chi connectivity index (χ3v) is 4.80. The van der Waals surface area contributed by atoms with E-state index in [0.29, 0.717) is 25.5 Å². The molecule has 0 radical (unpaired) electrons. The molecule has 1 aliphatic heterocycles. The topological polar surface area (TPSA) is 57.3 Å². The number of urea groups is 1. The van der Waals surface area contributed by atoms with Gasteiger partial charge in [-0.1, -0.05) is 6.07 Å². The predicted molar refractivity (Wildman–Crippen MR) is 89.5 cm³/mol. The maximum Gasteiger partial charge on any atom is 0.417 e. The summed E-state index contributed by atoms with van der Waals surface area (Å²) in [6.07, 6.45) is -2.83. The van der Waals surface area contributed by atoms with Gasteiger partial charge in [-0.15, -0.1) is 11.3 Å². The molecule has 1 saturated heterocycles. The van der Waals surface area contributed by atoms with Gasteiger partial charge in [0.15, 0.2) is 0 Å². The number of aromatic nitrogens is 1. The third kappa shape index (κ3) is 4.62. The molecule has 9 heteroatoms. The zero-order valence-electron chi connectivity index (χ0n) is 13.2. The lowest BCUT2D eigenvalue weighted by Gasteiger charge is -2.18. The minimum absolute atomic E-state index is 0.0626. The minimum Gasteiger partial charge on any atom is -0.354 e. The standard InChI is InChI=1S/C16H17F3N4OS/c17-16(18,19)11-3-4-14(20-8-11)23-6-5-12(10-23)22-15(24)21-9-13-2-1-7-25-13/h1-4,7-8,12H,5-6,9-10H2,(H2,21,22,24). The monoisotopic (exact) mass is 370 g/mol.